The van der Waals surface area contributed by atoms with Crippen LogP contribution in [-0.2, 0) is 16.1 Å². The largest absolute Gasteiger partial charge is 0.352 e. The van der Waals surface area contributed by atoms with Gasteiger partial charge in [0.2, 0.25) is 5.91 Å². The number of nitrogens with zero attached hydrogens (tertiary/aromatic N) is 2. The highest BCUT2D eigenvalue weighted by Crippen LogP contribution is 2.44. The fraction of sp³-hybridized carbons (Fsp3) is 0.167. The minimum absolute atomic E-state index is 0.0819. The fourth-order valence-corrected chi connectivity index (χ4v) is 5.52. The number of rotatable bonds is 7. The van der Waals surface area contributed by atoms with Gasteiger partial charge in [-0.25, -0.2) is 4.99 Å². The number of carbonyl (C=O) groups is 2. The van der Waals surface area contributed by atoms with Gasteiger partial charge in [-0.3, -0.25) is 9.59 Å². The van der Waals surface area contributed by atoms with Crippen molar-refractivity contribution in [2.75, 3.05) is 5.32 Å². The number of benzene rings is 3. The molecule has 0 unspecified atom stereocenters. The lowest BCUT2D eigenvalue weighted by molar-refractivity contribution is -0.120. The van der Waals surface area contributed by atoms with Crippen molar-refractivity contribution in [1.29, 1.82) is 0 Å². The van der Waals surface area contributed by atoms with E-state index in [1.807, 2.05) is 103 Å². The summed E-state index contributed by atoms with van der Waals surface area (Å²) in [4.78, 5) is 33.4. The first kappa shape index (κ1) is 24.6. The number of hydrogen-bond donors (Lipinski definition) is 2. The number of aliphatic imine (C=N–C) groups is 1. The molecular weight excluding hydrogens is 480 g/mol. The first-order valence-corrected chi connectivity index (χ1v) is 13.1. The smallest absolute Gasteiger partial charge is 0.255 e. The highest BCUT2D eigenvalue weighted by atomic mass is 32.2. The van der Waals surface area contributed by atoms with Gasteiger partial charge in [0, 0.05) is 17.9 Å². The van der Waals surface area contributed by atoms with E-state index in [0.29, 0.717) is 17.8 Å². The number of hydrogen-bond acceptors (Lipinski definition) is 5. The van der Waals surface area contributed by atoms with Crippen LogP contribution in [-0.4, -0.2) is 21.9 Å². The van der Waals surface area contributed by atoms with Crippen LogP contribution in [0.3, 0.4) is 0 Å². The number of anilines is 1. The van der Waals surface area contributed by atoms with Crippen LogP contribution in [0.25, 0.3) is 0 Å². The molecule has 0 aliphatic carbocycles. The van der Waals surface area contributed by atoms with E-state index in [0.717, 1.165) is 33.2 Å². The Morgan fingerprint density at radius 1 is 0.946 bits per heavy atom. The van der Waals surface area contributed by atoms with Gasteiger partial charge in [-0.05, 0) is 42.5 Å². The standard InChI is InChI=1S/C30H28N4O2S/c1-20-10-9-13-23(16-20)28-27(29(36)33-24-14-7-4-8-15-24)21(2)32-30-34(28)25(19-37-30)17-26(35)31-18-22-11-5-3-6-12-22/h3-16,19,28H,17-18H2,1-2H3,(H,31,35)(H,33,36)/t28-/m1/s1. The second-order valence-corrected chi connectivity index (χ2v) is 9.90. The molecule has 0 aromatic heterocycles. The summed E-state index contributed by atoms with van der Waals surface area (Å²) in [6.45, 7) is 4.37. The van der Waals surface area contributed by atoms with Gasteiger partial charge in [0.25, 0.3) is 5.91 Å². The molecule has 5 rings (SSSR count). The summed E-state index contributed by atoms with van der Waals surface area (Å²) in [5.41, 5.74) is 5.89. The third kappa shape index (κ3) is 5.52. The van der Waals surface area contributed by atoms with Crippen molar-refractivity contribution in [1.82, 2.24) is 10.2 Å². The van der Waals surface area contributed by atoms with Crippen LogP contribution in [0.5, 0.6) is 0 Å². The average Bonchev–Trinajstić information content (AvgIpc) is 3.29. The predicted molar refractivity (Wildman–Crippen MR) is 150 cm³/mol. The summed E-state index contributed by atoms with van der Waals surface area (Å²) in [6, 6.07) is 27.0. The van der Waals surface area contributed by atoms with Crippen LogP contribution in [0.2, 0.25) is 0 Å². The van der Waals surface area contributed by atoms with E-state index in [-0.39, 0.29) is 18.2 Å². The molecule has 0 bridgehead atoms. The van der Waals surface area contributed by atoms with Crippen LogP contribution in [0, 0.1) is 6.92 Å². The van der Waals surface area contributed by atoms with Gasteiger partial charge < -0.3 is 15.5 Å². The Balaban J connectivity index is 1.44. The van der Waals surface area contributed by atoms with Gasteiger partial charge in [-0.15, -0.1) is 0 Å². The number of amides is 2. The van der Waals surface area contributed by atoms with Gasteiger partial charge in [0.1, 0.15) is 0 Å². The molecule has 6 nitrogen and oxygen atoms in total. The first-order chi connectivity index (χ1) is 18.0. The zero-order valence-electron chi connectivity index (χ0n) is 20.8. The number of carbonyl (C=O) groups excluding carboxylic acids is 2. The Labute approximate surface area is 221 Å². The quantitative estimate of drug-likeness (QED) is 0.416. The SMILES string of the molecule is CC1=C(C(=O)Nc2ccccc2)[C@@H](c2cccc(C)c2)N2C(CC(=O)NCc3ccccc3)=CSC2=N1. The highest BCUT2D eigenvalue weighted by Gasteiger charge is 2.40. The van der Waals surface area contributed by atoms with Gasteiger partial charge >= 0.3 is 0 Å². The lowest BCUT2D eigenvalue weighted by atomic mass is 9.92. The van der Waals surface area contributed by atoms with Gasteiger partial charge in [0.05, 0.1) is 23.7 Å². The monoisotopic (exact) mass is 508 g/mol. The predicted octanol–water partition coefficient (Wildman–Crippen LogP) is 5.92. The van der Waals surface area contributed by atoms with Gasteiger partial charge in [-0.2, -0.15) is 0 Å². The average molecular weight is 509 g/mol. The fourth-order valence-electron chi connectivity index (χ4n) is 4.56. The van der Waals surface area contributed by atoms with E-state index < -0.39 is 6.04 Å². The number of allylic oxidation sites excluding steroid dienone is 1. The van der Waals surface area contributed by atoms with E-state index in [2.05, 4.69) is 16.7 Å². The van der Waals surface area contributed by atoms with Gasteiger partial charge in [0.15, 0.2) is 5.17 Å². The summed E-state index contributed by atoms with van der Waals surface area (Å²) in [7, 11) is 0. The normalized spacial score (nSPS) is 16.6. The van der Waals surface area contributed by atoms with Crippen LogP contribution in [0.1, 0.15) is 36.1 Å². The Morgan fingerprint density at radius 2 is 1.68 bits per heavy atom. The molecule has 0 spiro atoms. The minimum atomic E-state index is -0.403. The maximum absolute atomic E-state index is 13.7. The van der Waals surface area contributed by atoms with Crippen molar-refractivity contribution in [3.8, 4) is 0 Å². The molecule has 3 aromatic carbocycles. The Bertz CT molecular complexity index is 1410. The second-order valence-electron chi connectivity index (χ2n) is 9.07. The summed E-state index contributed by atoms with van der Waals surface area (Å²) in [6.07, 6.45) is 0.188. The Hall–Kier alpha value is -4.10. The second kappa shape index (κ2) is 10.9. The van der Waals surface area contributed by atoms with Crippen LogP contribution >= 0.6 is 11.8 Å². The molecule has 186 valence electrons. The molecular formula is C30H28N4O2S. The van der Waals surface area contributed by atoms with Crippen molar-refractivity contribution in [2.45, 2.75) is 32.9 Å². The van der Waals surface area contributed by atoms with E-state index >= 15 is 0 Å². The van der Waals surface area contributed by atoms with Gasteiger partial charge in [-0.1, -0.05) is 90.1 Å². The van der Waals surface area contributed by atoms with Crippen LogP contribution in [0.4, 0.5) is 5.69 Å². The molecule has 7 heteroatoms. The molecule has 0 saturated carbocycles. The molecule has 1 atom stereocenters. The Morgan fingerprint density at radius 3 is 2.41 bits per heavy atom. The number of fused-ring (bicyclic) bond motifs is 1. The topological polar surface area (TPSA) is 73.8 Å². The van der Waals surface area contributed by atoms with Crippen molar-refractivity contribution >= 4 is 34.4 Å². The van der Waals surface area contributed by atoms with E-state index in [1.165, 1.54) is 11.8 Å². The summed E-state index contributed by atoms with van der Waals surface area (Å²) in [5.74, 6) is -0.288. The molecule has 2 amide bonds. The van der Waals surface area contributed by atoms with Crippen molar-refractivity contribution in [2.24, 2.45) is 4.99 Å². The van der Waals surface area contributed by atoms with Crippen LogP contribution < -0.4 is 10.6 Å². The summed E-state index contributed by atoms with van der Waals surface area (Å²) in [5, 5.41) is 8.78. The zero-order valence-corrected chi connectivity index (χ0v) is 21.6. The molecule has 2 aliphatic rings. The number of para-hydroxylation sites is 1. The number of aryl methyl sites for hydroxylation is 1. The molecule has 0 saturated heterocycles. The zero-order chi connectivity index (χ0) is 25.8. The number of amidine groups is 1. The molecule has 2 heterocycles. The third-order valence-electron chi connectivity index (χ3n) is 6.31. The molecule has 3 aromatic rings. The molecule has 37 heavy (non-hydrogen) atoms. The van der Waals surface area contributed by atoms with E-state index in [4.69, 9.17) is 4.99 Å². The molecule has 2 aliphatic heterocycles. The number of thioether (sulfide) groups is 1. The summed E-state index contributed by atoms with van der Waals surface area (Å²) >= 11 is 1.48. The lowest BCUT2D eigenvalue weighted by Gasteiger charge is -2.36. The van der Waals surface area contributed by atoms with Crippen molar-refractivity contribution < 1.29 is 9.59 Å². The number of nitrogens with one attached hydrogen (secondary N) is 2. The first-order valence-electron chi connectivity index (χ1n) is 12.2. The lowest BCUT2D eigenvalue weighted by Crippen LogP contribution is -2.38. The maximum Gasteiger partial charge on any atom is 0.255 e. The Kier molecular flexibility index (Phi) is 7.23. The molecule has 2 N–H and O–H groups in total. The third-order valence-corrected chi connectivity index (χ3v) is 7.20. The van der Waals surface area contributed by atoms with Crippen LogP contribution in [0.15, 0.2) is 112 Å². The minimum Gasteiger partial charge on any atom is -0.352 e. The van der Waals surface area contributed by atoms with Crippen molar-refractivity contribution in [3.63, 3.8) is 0 Å². The van der Waals surface area contributed by atoms with E-state index in [9.17, 15) is 9.59 Å². The van der Waals surface area contributed by atoms with Crippen molar-refractivity contribution in [3.05, 3.63) is 124 Å². The molecule has 0 fully saturated rings. The molecule has 0 radical (unpaired) electrons. The maximum atomic E-state index is 13.7. The summed E-state index contributed by atoms with van der Waals surface area (Å²) < 4.78 is 0. The van der Waals surface area contributed by atoms with E-state index in [1.54, 1.807) is 0 Å². The highest BCUT2D eigenvalue weighted by molar-refractivity contribution is 8.16.